The van der Waals surface area contributed by atoms with Gasteiger partial charge in [0.05, 0.1) is 0 Å². The molecule has 3 fully saturated rings. The quantitative estimate of drug-likeness (QED) is 0.829. The summed E-state index contributed by atoms with van der Waals surface area (Å²) in [4.78, 5) is 2.80. The van der Waals surface area contributed by atoms with Gasteiger partial charge >= 0.3 is 0 Å². The Labute approximate surface area is 125 Å². The third-order valence-corrected chi connectivity index (χ3v) is 7.07. The van der Waals surface area contributed by atoms with E-state index in [1.54, 1.807) is 0 Å². The summed E-state index contributed by atoms with van der Waals surface area (Å²) in [5.74, 6) is 0. The molecule has 0 radical (unpaired) electrons. The highest BCUT2D eigenvalue weighted by Crippen LogP contribution is 2.49. The number of hydrogen-bond acceptors (Lipinski definition) is 2. The summed E-state index contributed by atoms with van der Waals surface area (Å²) in [6.07, 6.45) is 14.2. The molecule has 1 heterocycles. The first-order valence-electron chi connectivity index (χ1n) is 8.95. The van der Waals surface area contributed by atoms with Gasteiger partial charge in [-0.15, -0.1) is 0 Å². The molecule has 0 bridgehead atoms. The second-order valence-corrected chi connectivity index (χ2v) is 8.79. The van der Waals surface area contributed by atoms with Gasteiger partial charge in [-0.2, -0.15) is 0 Å². The van der Waals surface area contributed by atoms with Crippen LogP contribution in [0.5, 0.6) is 0 Å². The number of nitrogens with zero attached hydrogens (tertiary/aromatic N) is 1. The molecule has 3 rings (SSSR count). The zero-order valence-corrected chi connectivity index (χ0v) is 13.7. The van der Waals surface area contributed by atoms with E-state index in [9.17, 15) is 0 Å². The van der Waals surface area contributed by atoms with Gasteiger partial charge in [0.25, 0.3) is 0 Å². The van der Waals surface area contributed by atoms with Crippen molar-refractivity contribution < 1.29 is 0 Å². The van der Waals surface area contributed by atoms with Crippen molar-refractivity contribution >= 4 is 0 Å². The van der Waals surface area contributed by atoms with Crippen molar-refractivity contribution in [1.29, 1.82) is 0 Å². The smallest absolute Gasteiger partial charge is 0.0332 e. The van der Waals surface area contributed by atoms with Crippen LogP contribution in [0.2, 0.25) is 0 Å². The van der Waals surface area contributed by atoms with Crippen LogP contribution in [0.25, 0.3) is 0 Å². The van der Waals surface area contributed by atoms with Crippen molar-refractivity contribution in [3.05, 3.63) is 0 Å². The van der Waals surface area contributed by atoms with Crippen LogP contribution in [0, 0.1) is 10.8 Å². The monoisotopic (exact) mass is 278 g/mol. The summed E-state index contributed by atoms with van der Waals surface area (Å²) in [6.45, 7) is 8.36. The summed E-state index contributed by atoms with van der Waals surface area (Å²) >= 11 is 0. The zero-order chi connectivity index (χ0) is 14.3. The number of likely N-dealkylation sites (tertiary alicyclic amines) is 1. The Morgan fingerprint density at radius 1 is 0.800 bits per heavy atom. The first-order chi connectivity index (χ1) is 9.49. The van der Waals surface area contributed by atoms with Crippen molar-refractivity contribution in [3.63, 3.8) is 0 Å². The number of nitrogens with two attached hydrogens (primary N) is 1. The fraction of sp³-hybridized carbons (Fsp3) is 1.00. The van der Waals surface area contributed by atoms with Gasteiger partial charge in [-0.25, -0.2) is 0 Å². The molecule has 0 atom stereocenters. The Morgan fingerprint density at radius 2 is 1.35 bits per heavy atom. The lowest BCUT2D eigenvalue weighted by Gasteiger charge is -2.53. The van der Waals surface area contributed by atoms with E-state index in [0.717, 1.165) is 12.0 Å². The van der Waals surface area contributed by atoms with Crippen LogP contribution in [0.1, 0.15) is 78.1 Å². The molecule has 0 aromatic rings. The van der Waals surface area contributed by atoms with E-state index in [4.69, 9.17) is 5.73 Å². The van der Waals surface area contributed by atoms with Gasteiger partial charge < -0.3 is 5.73 Å². The largest absolute Gasteiger partial charge is 0.329 e. The van der Waals surface area contributed by atoms with Crippen LogP contribution in [-0.4, -0.2) is 30.1 Å². The van der Waals surface area contributed by atoms with Crippen molar-refractivity contribution in [2.75, 3.05) is 19.6 Å². The zero-order valence-electron chi connectivity index (χ0n) is 13.7. The third-order valence-electron chi connectivity index (χ3n) is 7.07. The maximum atomic E-state index is 6.26. The van der Waals surface area contributed by atoms with Gasteiger partial charge in [-0.1, -0.05) is 26.7 Å². The van der Waals surface area contributed by atoms with Crippen LogP contribution in [0.3, 0.4) is 0 Å². The molecular formula is C18H34N2. The van der Waals surface area contributed by atoms with E-state index in [1.165, 1.54) is 77.3 Å². The summed E-state index contributed by atoms with van der Waals surface area (Å²) in [5.41, 5.74) is 7.88. The van der Waals surface area contributed by atoms with Gasteiger partial charge in [0.15, 0.2) is 0 Å². The van der Waals surface area contributed by atoms with Gasteiger partial charge in [0.2, 0.25) is 0 Å². The molecule has 3 aliphatic rings. The first-order valence-corrected chi connectivity index (χ1v) is 8.95. The van der Waals surface area contributed by atoms with E-state index in [-0.39, 0.29) is 0 Å². The SMILES string of the molecule is CC1(C)CCC(CN)(N2CCC3(CCCC3)CC2)CC1. The molecule has 2 nitrogen and oxygen atoms in total. The van der Waals surface area contributed by atoms with Gasteiger partial charge in [0.1, 0.15) is 0 Å². The molecule has 2 N–H and O–H groups in total. The standard InChI is InChI=1S/C18H34N2/c1-16(2)7-9-18(15-19,10-8-16)20-13-11-17(12-14-20)5-3-4-6-17/h3-15,19H2,1-2H3. The van der Waals surface area contributed by atoms with Gasteiger partial charge in [-0.3, -0.25) is 4.90 Å². The second kappa shape index (κ2) is 5.28. The maximum absolute atomic E-state index is 6.26. The molecule has 0 unspecified atom stereocenters. The van der Waals surface area contributed by atoms with Crippen LogP contribution in [0.15, 0.2) is 0 Å². The summed E-state index contributed by atoms with van der Waals surface area (Å²) < 4.78 is 0. The van der Waals surface area contributed by atoms with Crippen molar-refractivity contribution in [1.82, 2.24) is 4.90 Å². The Morgan fingerprint density at radius 3 is 1.85 bits per heavy atom. The molecule has 1 spiro atoms. The minimum absolute atomic E-state index is 0.343. The molecule has 2 heteroatoms. The molecule has 1 saturated heterocycles. The molecule has 2 aliphatic carbocycles. The molecule has 1 aliphatic heterocycles. The fourth-order valence-corrected chi connectivity index (χ4v) is 5.12. The lowest BCUT2D eigenvalue weighted by Crippen LogP contribution is -2.59. The predicted molar refractivity (Wildman–Crippen MR) is 85.7 cm³/mol. The topological polar surface area (TPSA) is 29.3 Å². The highest BCUT2D eigenvalue weighted by Gasteiger charge is 2.45. The van der Waals surface area contributed by atoms with Crippen molar-refractivity contribution in [3.8, 4) is 0 Å². The Kier molecular flexibility index (Phi) is 3.92. The molecule has 0 amide bonds. The molecule has 0 aromatic carbocycles. The predicted octanol–water partition coefficient (Wildman–Crippen LogP) is 3.94. The summed E-state index contributed by atoms with van der Waals surface area (Å²) in [6, 6.07) is 0. The average molecular weight is 278 g/mol. The van der Waals surface area contributed by atoms with Crippen LogP contribution < -0.4 is 5.73 Å². The number of piperidine rings is 1. The summed E-state index contributed by atoms with van der Waals surface area (Å²) in [5, 5.41) is 0. The van der Waals surface area contributed by atoms with Gasteiger partial charge in [0, 0.05) is 12.1 Å². The highest BCUT2D eigenvalue weighted by molar-refractivity contribution is 5.01. The van der Waals surface area contributed by atoms with Crippen LogP contribution >= 0.6 is 0 Å². The van der Waals surface area contributed by atoms with Crippen LogP contribution in [-0.2, 0) is 0 Å². The normalized spacial score (nSPS) is 32.5. The highest BCUT2D eigenvalue weighted by atomic mass is 15.2. The molecule has 2 saturated carbocycles. The Hall–Kier alpha value is -0.0800. The fourth-order valence-electron chi connectivity index (χ4n) is 5.12. The molecule has 116 valence electrons. The summed E-state index contributed by atoms with van der Waals surface area (Å²) in [7, 11) is 0. The van der Waals surface area contributed by atoms with Crippen LogP contribution in [0.4, 0.5) is 0 Å². The van der Waals surface area contributed by atoms with E-state index < -0.39 is 0 Å². The molecular weight excluding hydrogens is 244 g/mol. The minimum atomic E-state index is 0.343. The number of hydrogen-bond donors (Lipinski definition) is 1. The lowest BCUT2D eigenvalue weighted by atomic mass is 9.67. The Balaban J connectivity index is 1.63. The number of rotatable bonds is 2. The average Bonchev–Trinajstić information content (AvgIpc) is 2.89. The van der Waals surface area contributed by atoms with E-state index in [0.29, 0.717) is 11.0 Å². The van der Waals surface area contributed by atoms with E-state index >= 15 is 0 Å². The maximum Gasteiger partial charge on any atom is 0.0332 e. The van der Waals surface area contributed by atoms with Crippen molar-refractivity contribution in [2.24, 2.45) is 16.6 Å². The molecule has 0 aromatic heterocycles. The minimum Gasteiger partial charge on any atom is -0.329 e. The van der Waals surface area contributed by atoms with E-state index in [2.05, 4.69) is 18.7 Å². The van der Waals surface area contributed by atoms with Crippen molar-refractivity contribution in [2.45, 2.75) is 83.6 Å². The first kappa shape index (κ1) is 14.8. The Bertz CT molecular complexity index is 321. The van der Waals surface area contributed by atoms with E-state index in [1.807, 2.05) is 0 Å². The third kappa shape index (κ3) is 2.66. The lowest BCUT2D eigenvalue weighted by molar-refractivity contribution is -0.0182. The van der Waals surface area contributed by atoms with Gasteiger partial charge in [-0.05, 0) is 75.3 Å². The second-order valence-electron chi connectivity index (χ2n) is 8.79. The molecule has 20 heavy (non-hydrogen) atoms.